The molecule has 0 spiro atoms. The molecule has 28 heavy (non-hydrogen) atoms. The van der Waals surface area contributed by atoms with Gasteiger partial charge in [-0.05, 0) is 48.8 Å². The minimum Gasteiger partial charge on any atom is -0.353 e. The van der Waals surface area contributed by atoms with Crippen molar-refractivity contribution in [1.82, 2.24) is 13.7 Å². The first-order valence-electron chi connectivity index (χ1n) is 9.24. The fourth-order valence-electron chi connectivity index (χ4n) is 2.91. The number of sulfonamides is 1. The van der Waals surface area contributed by atoms with Crippen molar-refractivity contribution in [2.24, 2.45) is 5.92 Å². The molecule has 7 nitrogen and oxygen atoms in total. The van der Waals surface area contributed by atoms with Crippen LogP contribution in [-0.4, -0.2) is 53.3 Å². The Balaban J connectivity index is 1.60. The average Bonchev–Trinajstić information content (AvgIpc) is 3.14. The molecule has 0 aliphatic carbocycles. The number of anilines is 1. The zero-order chi connectivity index (χ0) is 20.1. The van der Waals surface area contributed by atoms with Crippen molar-refractivity contribution in [2.75, 3.05) is 30.7 Å². The third kappa shape index (κ3) is 5.11. The quantitative estimate of drug-likeness (QED) is 0.497. The van der Waals surface area contributed by atoms with Gasteiger partial charge in [0, 0.05) is 30.2 Å². The Labute approximate surface area is 174 Å². The van der Waals surface area contributed by atoms with E-state index in [0.29, 0.717) is 34.9 Å². The molecule has 0 radical (unpaired) electrons. The van der Waals surface area contributed by atoms with Gasteiger partial charge in [-0.3, -0.25) is 4.79 Å². The standard InChI is InChI=1S/C18H24N4O3S3/c1-3-26-18-20-17(27-21-18)19-12-16(23)14-4-6-15(7-5-14)28(24,25)22-10-8-13(2)9-11-22/h4-7,13H,3,8-12H2,1-2H3,(H,19,20,21). The lowest BCUT2D eigenvalue weighted by molar-refractivity contribution is 0.101. The van der Waals surface area contributed by atoms with Crippen LogP contribution in [0.15, 0.2) is 34.3 Å². The van der Waals surface area contributed by atoms with E-state index in [4.69, 9.17) is 0 Å². The maximum Gasteiger partial charge on any atom is 0.243 e. The van der Waals surface area contributed by atoms with Crippen molar-refractivity contribution >= 4 is 44.2 Å². The maximum atomic E-state index is 12.8. The Bertz CT molecular complexity index is 904. The van der Waals surface area contributed by atoms with Crippen LogP contribution >= 0.6 is 23.3 Å². The highest BCUT2D eigenvalue weighted by Gasteiger charge is 2.28. The van der Waals surface area contributed by atoms with Gasteiger partial charge in [0.25, 0.3) is 0 Å². The van der Waals surface area contributed by atoms with Crippen molar-refractivity contribution in [1.29, 1.82) is 0 Å². The molecule has 2 aromatic rings. The summed E-state index contributed by atoms with van der Waals surface area (Å²) in [6, 6.07) is 6.17. The molecule has 1 aromatic heterocycles. The number of Topliss-reactive ketones (excluding diaryl/α,β-unsaturated/α-hetero) is 1. The first-order chi connectivity index (χ1) is 13.4. The minimum absolute atomic E-state index is 0.0849. The largest absolute Gasteiger partial charge is 0.353 e. The number of carbonyl (C=O) groups is 1. The SMILES string of the molecule is CCSc1nsc(NCC(=O)c2ccc(S(=O)(=O)N3CCC(C)CC3)cc2)n1. The van der Waals surface area contributed by atoms with Crippen molar-refractivity contribution in [3.63, 3.8) is 0 Å². The number of carbonyl (C=O) groups excluding carboxylic acids is 1. The summed E-state index contributed by atoms with van der Waals surface area (Å²) in [5.41, 5.74) is 0.464. The molecule has 152 valence electrons. The average molecular weight is 441 g/mol. The maximum absolute atomic E-state index is 12.8. The number of benzene rings is 1. The van der Waals surface area contributed by atoms with E-state index >= 15 is 0 Å². The van der Waals surface area contributed by atoms with Gasteiger partial charge in [-0.15, -0.1) is 0 Å². The van der Waals surface area contributed by atoms with E-state index in [-0.39, 0.29) is 17.2 Å². The van der Waals surface area contributed by atoms with E-state index < -0.39 is 10.0 Å². The van der Waals surface area contributed by atoms with Crippen LogP contribution in [0.5, 0.6) is 0 Å². The Morgan fingerprint density at radius 3 is 2.61 bits per heavy atom. The predicted octanol–water partition coefficient (Wildman–Crippen LogP) is 3.37. The highest BCUT2D eigenvalue weighted by atomic mass is 32.2. The van der Waals surface area contributed by atoms with Gasteiger partial charge in [0.05, 0.1) is 11.4 Å². The van der Waals surface area contributed by atoms with Crippen LogP contribution in [0.1, 0.15) is 37.0 Å². The van der Waals surface area contributed by atoms with Gasteiger partial charge in [-0.2, -0.15) is 13.7 Å². The summed E-state index contributed by atoms with van der Waals surface area (Å²) >= 11 is 2.76. The highest BCUT2D eigenvalue weighted by Crippen LogP contribution is 2.24. The lowest BCUT2D eigenvalue weighted by Gasteiger charge is -2.29. The van der Waals surface area contributed by atoms with Crippen LogP contribution in [0.4, 0.5) is 5.13 Å². The third-order valence-electron chi connectivity index (χ3n) is 4.64. The van der Waals surface area contributed by atoms with Gasteiger partial charge >= 0.3 is 0 Å². The molecule has 0 atom stereocenters. The summed E-state index contributed by atoms with van der Waals surface area (Å²) < 4.78 is 31.2. The number of nitrogens with zero attached hydrogens (tertiary/aromatic N) is 3. The first kappa shape index (κ1) is 21.2. The summed E-state index contributed by atoms with van der Waals surface area (Å²) in [5, 5.41) is 4.28. The lowest BCUT2D eigenvalue weighted by Crippen LogP contribution is -2.37. The number of aromatic nitrogens is 2. The summed E-state index contributed by atoms with van der Waals surface area (Å²) in [7, 11) is -3.50. The van der Waals surface area contributed by atoms with Crippen LogP contribution in [0.3, 0.4) is 0 Å². The van der Waals surface area contributed by atoms with E-state index in [0.717, 1.165) is 18.6 Å². The van der Waals surface area contributed by atoms with Gasteiger partial charge in [0.15, 0.2) is 5.78 Å². The van der Waals surface area contributed by atoms with Gasteiger partial charge < -0.3 is 5.32 Å². The van der Waals surface area contributed by atoms with Crippen molar-refractivity contribution in [3.05, 3.63) is 29.8 Å². The Morgan fingerprint density at radius 2 is 1.96 bits per heavy atom. The van der Waals surface area contributed by atoms with E-state index in [9.17, 15) is 13.2 Å². The zero-order valence-electron chi connectivity index (χ0n) is 15.9. The second kappa shape index (κ2) is 9.34. The van der Waals surface area contributed by atoms with Crippen molar-refractivity contribution in [3.8, 4) is 0 Å². The van der Waals surface area contributed by atoms with E-state index in [1.54, 1.807) is 23.9 Å². The number of piperidine rings is 1. The smallest absolute Gasteiger partial charge is 0.243 e. The number of hydrogen-bond donors (Lipinski definition) is 1. The zero-order valence-corrected chi connectivity index (χ0v) is 18.4. The number of ketones is 1. The molecule has 2 heterocycles. The van der Waals surface area contributed by atoms with Crippen LogP contribution in [0.25, 0.3) is 0 Å². The van der Waals surface area contributed by atoms with Gasteiger partial charge in [0.1, 0.15) is 0 Å². The van der Waals surface area contributed by atoms with Crippen LogP contribution in [-0.2, 0) is 10.0 Å². The second-order valence-electron chi connectivity index (χ2n) is 6.70. The highest BCUT2D eigenvalue weighted by molar-refractivity contribution is 7.99. The molecule has 1 aromatic carbocycles. The van der Waals surface area contributed by atoms with Gasteiger partial charge in [-0.1, -0.05) is 25.6 Å². The molecular weight excluding hydrogens is 416 g/mol. The van der Waals surface area contributed by atoms with Crippen LogP contribution in [0, 0.1) is 5.92 Å². The second-order valence-corrected chi connectivity index (χ2v) is 10.6. The topological polar surface area (TPSA) is 92.3 Å². The van der Waals surface area contributed by atoms with Gasteiger partial charge in [-0.25, -0.2) is 8.42 Å². The minimum atomic E-state index is -3.50. The first-order valence-corrected chi connectivity index (χ1v) is 12.4. The molecule has 1 fully saturated rings. The molecule has 3 rings (SSSR count). The molecule has 1 saturated heterocycles. The Kier molecular flexibility index (Phi) is 7.08. The number of hydrogen-bond acceptors (Lipinski definition) is 8. The van der Waals surface area contributed by atoms with E-state index in [1.165, 1.54) is 28.0 Å². The predicted molar refractivity (Wildman–Crippen MR) is 113 cm³/mol. The molecule has 0 bridgehead atoms. The number of thioether (sulfide) groups is 1. The molecule has 1 aliphatic heterocycles. The van der Waals surface area contributed by atoms with Crippen LogP contribution in [0.2, 0.25) is 0 Å². The molecule has 1 N–H and O–H groups in total. The van der Waals surface area contributed by atoms with Crippen molar-refractivity contribution in [2.45, 2.75) is 36.7 Å². The normalized spacial score (nSPS) is 16.2. The fourth-order valence-corrected chi connectivity index (χ4v) is 5.65. The van der Waals surface area contributed by atoms with E-state index in [2.05, 4.69) is 21.6 Å². The molecular formula is C18H24N4O3S3. The third-order valence-corrected chi connectivity index (χ3v) is 8.07. The van der Waals surface area contributed by atoms with E-state index in [1.807, 2.05) is 6.92 Å². The monoisotopic (exact) mass is 440 g/mol. The number of nitrogens with one attached hydrogen (secondary N) is 1. The molecule has 0 unspecified atom stereocenters. The number of rotatable bonds is 8. The summed E-state index contributed by atoms with van der Waals surface area (Å²) in [6.45, 7) is 5.35. The molecule has 10 heteroatoms. The van der Waals surface area contributed by atoms with Crippen molar-refractivity contribution < 1.29 is 13.2 Å². The van der Waals surface area contributed by atoms with Crippen LogP contribution < -0.4 is 5.32 Å². The summed E-state index contributed by atoms with van der Waals surface area (Å²) in [6.07, 6.45) is 1.76. The fraction of sp³-hybridized carbons (Fsp3) is 0.500. The molecule has 0 amide bonds. The van der Waals surface area contributed by atoms with Gasteiger partial charge in [0.2, 0.25) is 20.3 Å². The Morgan fingerprint density at radius 1 is 1.29 bits per heavy atom. The summed E-state index contributed by atoms with van der Waals surface area (Å²) in [4.78, 5) is 16.9. The lowest BCUT2D eigenvalue weighted by atomic mass is 10.0. The summed E-state index contributed by atoms with van der Waals surface area (Å²) in [5.74, 6) is 1.32. The molecule has 1 aliphatic rings. The molecule has 0 saturated carbocycles. The Hall–Kier alpha value is -1.49.